The fourth-order valence-corrected chi connectivity index (χ4v) is 1.76. The van der Waals surface area contributed by atoms with E-state index in [0.29, 0.717) is 12.4 Å². The second kappa shape index (κ2) is 5.65. The van der Waals surface area contributed by atoms with Crippen molar-refractivity contribution in [3.05, 3.63) is 53.2 Å². The lowest BCUT2D eigenvalue weighted by Crippen LogP contribution is -2.01. The van der Waals surface area contributed by atoms with Crippen molar-refractivity contribution in [1.29, 1.82) is 0 Å². The van der Waals surface area contributed by atoms with Gasteiger partial charge in [-0.05, 0) is 36.6 Å². The monoisotopic (exact) mass is 242 g/mol. The van der Waals surface area contributed by atoms with Gasteiger partial charge in [0, 0.05) is 18.3 Å². The summed E-state index contributed by atoms with van der Waals surface area (Å²) in [6, 6.07) is 11.8. The average molecular weight is 242 g/mol. The quantitative estimate of drug-likeness (QED) is 0.895. The normalized spacial score (nSPS) is 10.4. The molecule has 1 aromatic carbocycles. The first-order valence-electron chi connectivity index (χ1n) is 6.16. The van der Waals surface area contributed by atoms with Crippen molar-refractivity contribution >= 4 is 0 Å². The van der Waals surface area contributed by atoms with E-state index in [1.165, 1.54) is 0 Å². The molecule has 2 N–H and O–H groups in total. The van der Waals surface area contributed by atoms with Crippen molar-refractivity contribution in [1.82, 2.24) is 4.98 Å². The topological polar surface area (TPSA) is 48.1 Å². The second-order valence-electron chi connectivity index (χ2n) is 4.23. The van der Waals surface area contributed by atoms with Crippen molar-refractivity contribution in [2.75, 3.05) is 0 Å². The summed E-state index contributed by atoms with van der Waals surface area (Å²) in [5.74, 6) is 1.45. The first-order valence-corrected chi connectivity index (χ1v) is 6.16. The molecule has 0 saturated carbocycles. The minimum Gasteiger partial charge on any atom is -0.439 e. The maximum Gasteiger partial charge on any atom is 0.219 e. The Hall–Kier alpha value is -1.87. The smallest absolute Gasteiger partial charge is 0.219 e. The summed E-state index contributed by atoms with van der Waals surface area (Å²) in [6.45, 7) is 4.59. The van der Waals surface area contributed by atoms with Crippen LogP contribution in [0.5, 0.6) is 11.6 Å². The van der Waals surface area contributed by atoms with Gasteiger partial charge in [-0.1, -0.05) is 25.1 Å². The van der Waals surface area contributed by atoms with Gasteiger partial charge in [0.15, 0.2) is 0 Å². The van der Waals surface area contributed by atoms with Crippen LogP contribution in [0.4, 0.5) is 0 Å². The highest BCUT2D eigenvalue weighted by Gasteiger charge is 2.05. The summed E-state index contributed by atoms with van der Waals surface area (Å²) in [5.41, 5.74) is 8.82. The Morgan fingerprint density at radius 2 is 2.00 bits per heavy atom. The van der Waals surface area contributed by atoms with Gasteiger partial charge >= 0.3 is 0 Å². The van der Waals surface area contributed by atoms with Crippen LogP contribution in [0.1, 0.15) is 23.7 Å². The molecule has 2 rings (SSSR count). The Bertz CT molecular complexity index is 516. The number of aromatic nitrogens is 1. The van der Waals surface area contributed by atoms with Crippen LogP contribution in [0.3, 0.4) is 0 Å². The average Bonchev–Trinajstić information content (AvgIpc) is 2.41. The number of pyridine rings is 1. The van der Waals surface area contributed by atoms with Crippen molar-refractivity contribution in [2.24, 2.45) is 5.73 Å². The molecule has 1 heterocycles. The highest BCUT2D eigenvalue weighted by Crippen LogP contribution is 2.24. The Balaban J connectivity index is 2.31. The zero-order valence-corrected chi connectivity index (χ0v) is 10.8. The summed E-state index contributed by atoms with van der Waals surface area (Å²) in [4.78, 5) is 4.46. The zero-order chi connectivity index (χ0) is 13.0. The Morgan fingerprint density at radius 3 is 2.67 bits per heavy atom. The van der Waals surface area contributed by atoms with Gasteiger partial charge in [0.25, 0.3) is 0 Å². The summed E-state index contributed by atoms with van der Waals surface area (Å²) in [6.07, 6.45) is 0.873. The molecule has 0 saturated heterocycles. The number of nitrogens with zero attached hydrogens (tertiary/aromatic N) is 1. The molecule has 1 aromatic heterocycles. The predicted octanol–water partition coefficient (Wildman–Crippen LogP) is 3.20. The summed E-state index contributed by atoms with van der Waals surface area (Å²) < 4.78 is 5.83. The molecule has 18 heavy (non-hydrogen) atoms. The number of aryl methyl sites for hydroxylation is 2. The maximum absolute atomic E-state index is 5.83. The second-order valence-corrected chi connectivity index (χ2v) is 4.23. The van der Waals surface area contributed by atoms with E-state index in [9.17, 15) is 0 Å². The van der Waals surface area contributed by atoms with Gasteiger partial charge < -0.3 is 10.5 Å². The number of para-hydroxylation sites is 1. The Labute approximate surface area is 108 Å². The molecule has 0 atom stereocenters. The van der Waals surface area contributed by atoms with Crippen LogP contribution in [-0.4, -0.2) is 4.98 Å². The molecule has 3 heteroatoms. The molecule has 2 aromatic rings. The molecule has 0 radical (unpaired) electrons. The van der Waals surface area contributed by atoms with Crippen molar-refractivity contribution in [3.63, 3.8) is 0 Å². The van der Waals surface area contributed by atoms with Crippen LogP contribution in [0, 0.1) is 6.92 Å². The molecule has 0 aliphatic carbocycles. The predicted molar refractivity (Wildman–Crippen MR) is 72.8 cm³/mol. The van der Waals surface area contributed by atoms with Gasteiger partial charge in [0.05, 0.1) is 0 Å². The molecular weight excluding hydrogens is 224 g/mol. The van der Waals surface area contributed by atoms with Crippen molar-refractivity contribution in [3.8, 4) is 11.6 Å². The van der Waals surface area contributed by atoms with E-state index < -0.39 is 0 Å². The number of hydrogen-bond donors (Lipinski definition) is 1. The van der Waals surface area contributed by atoms with Gasteiger partial charge in [-0.3, -0.25) is 0 Å². The van der Waals surface area contributed by atoms with Gasteiger partial charge in [0.1, 0.15) is 5.75 Å². The molecule has 0 aliphatic rings. The lowest BCUT2D eigenvalue weighted by molar-refractivity contribution is 0.456. The van der Waals surface area contributed by atoms with Crippen LogP contribution in [-0.2, 0) is 13.0 Å². The van der Waals surface area contributed by atoms with Crippen molar-refractivity contribution < 1.29 is 4.74 Å². The third kappa shape index (κ3) is 2.87. The SMILES string of the molecule is CCc1cc(CN)cc(Oc2ccccc2C)n1. The molecule has 0 bridgehead atoms. The third-order valence-electron chi connectivity index (χ3n) is 2.82. The molecular formula is C15H18N2O. The number of benzene rings is 1. The molecule has 0 unspecified atom stereocenters. The van der Waals surface area contributed by atoms with E-state index in [0.717, 1.165) is 29.0 Å². The van der Waals surface area contributed by atoms with Crippen LogP contribution < -0.4 is 10.5 Å². The Kier molecular flexibility index (Phi) is 3.95. The van der Waals surface area contributed by atoms with E-state index in [2.05, 4.69) is 11.9 Å². The lowest BCUT2D eigenvalue weighted by atomic mass is 10.2. The van der Waals surface area contributed by atoms with Gasteiger partial charge in [-0.15, -0.1) is 0 Å². The van der Waals surface area contributed by atoms with Crippen molar-refractivity contribution in [2.45, 2.75) is 26.8 Å². The van der Waals surface area contributed by atoms with E-state index >= 15 is 0 Å². The van der Waals surface area contributed by atoms with Gasteiger partial charge in [0.2, 0.25) is 5.88 Å². The van der Waals surface area contributed by atoms with Crippen LogP contribution in [0.2, 0.25) is 0 Å². The Morgan fingerprint density at radius 1 is 1.22 bits per heavy atom. The number of nitrogens with two attached hydrogens (primary N) is 1. The summed E-state index contributed by atoms with van der Waals surface area (Å²) in [5, 5.41) is 0. The van der Waals surface area contributed by atoms with Gasteiger partial charge in [-0.2, -0.15) is 0 Å². The largest absolute Gasteiger partial charge is 0.439 e. The number of rotatable bonds is 4. The molecule has 3 nitrogen and oxygen atoms in total. The first kappa shape index (κ1) is 12.6. The highest BCUT2D eigenvalue weighted by atomic mass is 16.5. The fraction of sp³-hybridized carbons (Fsp3) is 0.267. The van der Waals surface area contributed by atoms with Gasteiger partial charge in [-0.25, -0.2) is 4.98 Å². The maximum atomic E-state index is 5.83. The minimum absolute atomic E-state index is 0.500. The standard InChI is InChI=1S/C15H18N2O/c1-3-13-8-12(10-16)9-15(17-13)18-14-7-5-4-6-11(14)2/h4-9H,3,10,16H2,1-2H3. The van der Waals surface area contributed by atoms with Crippen LogP contribution in [0.25, 0.3) is 0 Å². The third-order valence-corrected chi connectivity index (χ3v) is 2.82. The highest BCUT2D eigenvalue weighted by molar-refractivity contribution is 5.36. The molecule has 94 valence electrons. The molecule has 0 spiro atoms. The summed E-state index contributed by atoms with van der Waals surface area (Å²) in [7, 11) is 0. The van der Waals surface area contributed by atoms with E-state index in [-0.39, 0.29) is 0 Å². The van der Waals surface area contributed by atoms with Crippen LogP contribution >= 0.6 is 0 Å². The van der Waals surface area contributed by atoms with E-state index in [1.807, 2.05) is 43.3 Å². The molecule has 0 fully saturated rings. The minimum atomic E-state index is 0.500. The number of ether oxygens (including phenoxy) is 1. The molecule has 0 amide bonds. The summed E-state index contributed by atoms with van der Waals surface area (Å²) >= 11 is 0. The molecule has 0 aliphatic heterocycles. The van der Waals surface area contributed by atoms with E-state index in [4.69, 9.17) is 10.5 Å². The van der Waals surface area contributed by atoms with Crippen LogP contribution in [0.15, 0.2) is 36.4 Å². The fourth-order valence-electron chi connectivity index (χ4n) is 1.76. The van der Waals surface area contributed by atoms with E-state index in [1.54, 1.807) is 0 Å². The zero-order valence-electron chi connectivity index (χ0n) is 10.8. The first-order chi connectivity index (χ1) is 8.72. The lowest BCUT2D eigenvalue weighted by Gasteiger charge is -2.10. The number of hydrogen-bond acceptors (Lipinski definition) is 3.